The van der Waals surface area contributed by atoms with Gasteiger partial charge in [-0.3, -0.25) is 4.90 Å². The molecule has 0 spiro atoms. The van der Waals surface area contributed by atoms with Gasteiger partial charge in [0.25, 0.3) is 0 Å². The van der Waals surface area contributed by atoms with Crippen LogP contribution in [0.1, 0.15) is 51.2 Å². The Morgan fingerprint density at radius 2 is 2.05 bits per heavy atom. The summed E-state index contributed by atoms with van der Waals surface area (Å²) in [5.41, 5.74) is -0.220. The van der Waals surface area contributed by atoms with Crippen LogP contribution in [0.2, 0.25) is 0 Å². The van der Waals surface area contributed by atoms with Gasteiger partial charge in [-0.05, 0) is 40.7 Å². The molecule has 1 aliphatic rings. The fourth-order valence-corrected chi connectivity index (χ4v) is 2.27. The average Bonchev–Trinajstić information content (AvgIpc) is 3.13. The SMILES string of the molecule is CN(Cc1nnc(C2CC2)n1C)CC(O)COC(C)(C)C. The molecule has 1 unspecified atom stereocenters. The normalized spacial score (nSPS) is 17.5. The highest BCUT2D eigenvalue weighted by atomic mass is 16.5. The van der Waals surface area contributed by atoms with Gasteiger partial charge < -0.3 is 14.4 Å². The highest BCUT2D eigenvalue weighted by molar-refractivity contribution is 5.07. The van der Waals surface area contributed by atoms with E-state index in [9.17, 15) is 5.11 Å². The number of hydrogen-bond acceptors (Lipinski definition) is 5. The zero-order chi connectivity index (χ0) is 15.6. The average molecular weight is 296 g/mol. The van der Waals surface area contributed by atoms with Crippen molar-refractivity contribution >= 4 is 0 Å². The van der Waals surface area contributed by atoms with Gasteiger partial charge in [0.05, 0.1) is 24.9 Å². The zero-order valence-electron chi connectivity index (χ0n) is 13.8. The molecule has 1 saturated carbocycles. The van der Waals surface area contributed by atoms with Crippen molar-refractivity contribution in [2.75, 3.05) is 20.2 Å². The summed E-state index contributed by atoms with van der Waals surface area (Å²) >= 11 is 0. The van der Waals surface area contributed by atoms with E-state index in [-0.39, 0.29) is 5.60 Å². The second-order valence-electron chi connectivity index (χ2n) is 7.08. The van der Waals surface area contributed by atoms with Gasteiger partial charge in [0.15, 0.2) is 0 Å². The van der Waals surface area contributed by atoms with Crippen molar-refractivity contribution in [3.63, 3.8) is 0 Å². The summed E-state index contributed by atoms with van der Waals surface area (Å²) in [7, 11) is 4.00. The van der Waals surface area contributed by atoms with Crippen LogP contribution >= 0.6 is 0 Å². The van der Waals surface area contributed by atoms with Crippen LogP contribution in [0.25, 0.3) is 0 Å². The lowest BCUT2D eigenvalue weighted by atomic mass is 10.2. The van der Waals surface area contributed by atoms with Gasteiger partial charge in [-0.1, -0.05) is 0 Å². The predicted molar refractivity (Wildman–Crippen MR) is 81.0 cm³/mol. The van der Waals surface area contributed by atoms with Crippen molar-refractivity contribution < 1.29 is 9.84 Å². The Morgan fingerprint density at radius 3 is 2.62 bits per heavy atom. The van der Waals surface area contributed by atoms with Crippen molar-refractivity contribution in [2.24, 2.45) is 7.05 Å². The molecule has 0 saturated heterocycles. The summed E-state index contributed by atoms with van der Waals surface area (Å²) in [6.45, 7) is 7.55. The molecule has 6 heteroatoms. The first kappa shape index (κ1) is 16.4. The summed E-state index contributed by atoms with van der Waals surface area (Å²) in [6, 6.07) is 0. The molecule has 1 aliphatic carbocycles. The van der Waals surface area contributed by atoms with Crippen LogP contribution in [-0.2, 0) is 18.3 Å². The standard InChI is InChI=1S/C15H28N4O2/c1-15(2,3)21-10-12(20)8-18(4)9-13-16-17-14(19(13)5)11-6-7-11/h11-12,20H,6-10H2,1-5H3. The van der Waals surface area contributed by atoms with Crippen LogP contribution < -0.4 is 0 Å². The number of aliphatic hydroxyl groups is 1. The first-order chi connectivity index (χ1) is 9.76. The molecule has 2 rings (SSSR count). The molecule has 1 atom stereocenters. The molecule has 1 aromatic rings. The third-order valence-electron chi connectivity index (χ3n) is 3.58. The van der Waals surface area contributed by atoms with Crippen LogP contribution in [0.4, 0.5) is 0 Å². The summed E-state index contributed by atoms with van der Waals surface area (Å²) in [4.78, 5) is 2.05. The summed E-state index contributed by atoms with van der Waals surface area (Å²) < 4.78 is 7.69. The Hall–Kier alpha value is -0.980. The minimum atomic E-state index is -0.495. The van der Waals surface area contributed by atoms with Crippen molar-refractivity contribution in [3.8, 4) is 0 Å². The number of aliphatic hydroxyl groups excluding tert-OH is 1. The van der Waals surface area contributed by atoms with E-state index in [0.29, 0.717) is 25.6 Å². The maximum atomic E-state index is 10.0. The Morgan fingerprint density at radius 1 is 1.38 bits per heavy atom. The number of rotatable bonds is 7. The topological polar surface area (TPSA) is 63.4 Å². The quantitative estimate of drug-likeness (QED) is 0.821. The summed E-state index contributed by atoms with van der Waals surface area (Å²) in [5, 5.41) is 18.6. The highest BCUT2D eigenvalue weighted by Crippen LogP contribution is 2.38. The third-order valence-corrected chi connectivity index (χ3v) is 3.58. The number of hydrogen-bond donors (Lipinski definition) is 1. The lowest BCUT2D eigenvalue weighted by Crippen LogP contribution is -2.35. The van der Waals surface area contributed by atoms with E-state index in [1.54, 1.807) is 0 Å². The van der Waals surface area contributed by atoms with Crippen LogP contribution in [0.3, 0.4) is 0 Å². The molecule has 1 heterocycles. The fourth-order valence-electron chi connectivity index (χ4n) is 2.27. The monoisotopic (exact) mass is 296 g/mol. The maximum Gasteiger partial charge on any atom is 0.146 e. The molecule has 1 fully saturated rings. The molecular formula is C15H28N4O2. The molecule has 0 bridgehead atoms. The third kappa shape index (κ3) is 5.05. The second-order valence-corrected chi connectivity index (χ2v) is 7.08. The van der Waals surface area contributed by atoms with E-state index >= 15 is 0 Å². The van der Waals surface area contributed by atoms with E-state index in [1.807, 2.05) is 34.9 Å². The van der Waals surface area contributed by atoms with Gasteiger partial charge >= 0.3 is 0 Å². The largest absolute Gasteiger partial charge is 0.389 e. The van der Waals surface area contributed by atoms with Gasteiger partial charge in [-0.15, -0.1) is 10.2 Å². The van der Waals surface area contributed by atoms with Crippen molar-refractivity contribution in [2.45, 2.75) is 57.8 Å². The van der Waals surface area contributed by atoms with Crippen LogP contribution in [0.15, 0.2) is 0 Å². The first-order valence-electron chi connectivity index (χ1n) is 7.65. The lowest BCUT2D eigenvalue weighted by molar-refractivity contribution is -0.0552. The second kappa shape index (κ2) is 6.42. The predicted octanol–water partition coefficient (Wildman–Crippen LogP) is 1.30. The molecule has 1 N–H and O–H groups in total. The molecule has 0 radical (unpaired) electrons. The lowest BCUT2D eigenvalue weighted by Gasteiger charge is -2.24. The van der Waals surface area contributed by atoms with Crippen molar-refractivity contribution in [1.29, 1.82) is 0 Å². The Labute approximate surface area is 127 Å². The van der Waals surface area contributed by atoms with Crippen molar-refractivity contribution in [1.82, 2.24) is 19.7 Å². The van der Waals surface area contributed by atoms with Gasteiger partial charge in [-0.2, -0.15) is 0 Å². The van der Waals surface area contributed by atoms with Crippen LogP contribution in [-0.4, -0.2) is 56.7 Å². The molecule has 120 valence electrons. The maximum absolute atomic E-state index is 10.0. The molecule has 0 amide bonds. The van der Waals surface area contributed by atoms with Crippen molar-refractivity contribution in [3.05, 3.63) is 11.6 Å². The molecule has 0 aliphatic heterocycles. The summed E-state index contributed by atoms with van der Waals surface area (Å²) in [6.07, 6.45) is 1.96. The smallest absolute Gasteiger partial charge is 0.146 e. The minimum absolute atomic E-state index is 0.220. The van der Waals surface area contributed by atoms with Gasteiger partial charge in [0.1, 0.15) is 11.6 Å². The van der Waals surface area contributed by atoms with E-state index in [2.05, 4.69) is 19.7 Å². The molecule has 6 nitrogen and oxygen atoms in total. The van der Waals surface area contributed by atoms with Gasteiger partial charge in [0, 0.05) is 19.5 Å². The molecule has 1 aromatic heterocycles. The van der Waals surface area contributed by atoms with Crippen LogP contribution in [0.5, 0.6) is 0 Å². The minimum Gasteiger partial charge on any atom is -0.389 e. The Bertz CT molecular complexity index is 463. The van der Waals surface area contributed by atoms with E-state index in [4.69, 9.17) is 4.74 Å². The number of likely N-dealkylation sites (N-methyl/N-ethyl adjacent to an activating group) is 1. The van der Waals surface area contributed by atoms with E-state index < -0.39 is 6.10 Å². The van der Waals surface area contributed by atoms with Gasteiger partial charge in [0.2, 0.25) is 0 Å². The Balaban J connectivity index is 1.80. The molecular weight excluding hydrogens is 268 g/mol. The number of nitrogens with zero attached hydrogens (tertiary/aromatic N) is 4. The highest BCUT2D eigenvalue weighted by Gasteiger charge is 2.29. The number of aromatic nitrogens is 3. The van der Waals surface area contributed by atoms with Crippen LogP contribution in [0, 0.1) is 0 Å². The first-order valence-corrected chi connectivity index (χ1v) is 7.65. The Kier molecular flexibility index (Phi) is 5.01. The number of ether oxygens (including phenoxy) is 1. The van der Waals surface area contributed by atoms with Gasteiger partial charge in [-0.25, -0.2) is 0 Å². The fraction of sp³-hybridized carbons (Fsp3) is 0.867. The summed E-state index contributed by atoms with van der Waals surface area (Å²) in [5.74, 6) is 2.64. The molecule has 0 aromatic carbocycles. The molecule has 21 heavy (non-hydrogen) atoms. The van der Waals surface area contributed by atoms with E-state index in [1.165, 1.54) is 12.8 Å². The van der Waals surface area contributed by atoms with E-state index in [0.717, 1.165) is 11.6 Å². The zero-order valence-corrected chi connectivity index (χ0v) is 13.8.